The van der Waals surface area contributed by atoms with Gasteiger partial charge in [0.05, 0.1) is 13.0 Å². The smallest absolute Gasteiger partial charge is 0.162 e. The van der Waals surface area contributed by atoms with Gasteiger partial charge in [-0.05, 0) is 69.2 Å². The number of methoxy groups -OCH3 is 2. The molecule has 3 aliphatic carbocycles. The summed E-state index contributed by atoms with van der Waals surface area (Å²) in [6.07, 6.45) is 4.37. The number of hydrogen-bond donors (Lipinski definition) is 1. The molecule has 0 aromatic heterocycles. The zero-order chi connectivity index (χ0) is 21.0. The second kappa shape index (κ2) is 6.98. The van der Waals surface area contributed by atoms with Crippen LogP contribution in [0.25, 0.3) is 0 Å². The molecule has 1 heterocycles. The summed E-state index contributed by atoms with van der Waals surface area (Å²) in [6.45, 7) is 6.32. The first kappa shape index (κ1) is 20.7. The second-order valence-corrected chi connectivity index (χ2v) is 9.48. The maximum Gasteiger partial charge on any atom is 0.162 e. The molecule has 4 aliphatic rings. The molecule has 0 saturated heterocycles. The fourth-order valence-electron chi connectivity index (χ4n) is 7.06. The maximum absolute atomic E-state index is 12.9. The van der Waals surface area contributed by atoms with Gasteiger partial charge in [0.2, 0.25) is 0 Å². The summed E-state index contributed by atoms with van der Waals surface area (Å²) in [5.41, 5.74) is 0.438. The lowest BCUT2D eigenvalue weighted by Crippen LogP contribution is -2.77. The van der Waals surface area contributed by atoms with Crippen LogP contribution in [0.4, 0.5) is 0 Å². The molecule has 5 nitrogen and oxygen atoms in total. The van der Waals surface area contributed by atoms with Crippen molar-refractivity contribution in [3.05, 3.63) is 23.8 Å². The molecule has 1 N–H and O–H groups in total. The number of nitrogens with one attached hydrogen (secondary N) is 1. The third-order valence-electron chi connectivity index (χ3n) is 8.81. The Balaban J connectivity index is 2.00. The molecule has 160 valence electrons. The molecule has 1 aromatic rings. The predicted octanol–water partition coefficient (Wildman–Crippen LogP) is 3.78. The quantitative estimate of drug-likeness (QED) is 0.814. The third kappa shape index (κ3) is 2.56. The molecule has 1 aliphatic heterocycles. The van der Waals surface area contributed by atoms with Crippen molar-refractivity contribution in [1.82, 2.24) is 5.32 Å². The zero-order valence-corrected chi connectivity index (χ0v) is 18.6. The molecule has 29 heavy (non-hydrogen) atoms. The van der Waals surface area contributed by atoms with Gasteiger partial charge >= 0.3 is 0 Å². The van der Waals surface area contributed by atoms with Crippen LogP contribution in [0.3, 0.4) is 0 Å². The summed E-state index contributed by atoms with van der Waals surface area (Å²) in [5.74, 6) is 1.53. The number of Topliss-reactive ketones (excluding diaryl/α,β-unsaturated/α-hetero) is 1. The lowest BCUT2D eigenvalue weighted by molar-refractivity contribution is -0.280. The number of hydrogen-bond acceptors (Lipinski definition) is 5. The Kier molecular flexibility index (Phi) is 4.98. The summed E-state index contributed by atoms with van der Waals surface area (Å²) >= 11 is 0. The zero-order valence-electron chi connectivity index (χ0n) is 18.6. The largest absolute Gasteiger partial charge is 0.493 e. The van der Waals surface area contributed by atoms with E-state index in [2.05, 4.69) is 38.3 Å². The minimum absolute atomic E-state index is 0.0439. The van der Waals surface area contributed by atoms with E-state index < -0.39 is 5.60 Å². The van der Waals surface area contributed by atoms with Crippen LogP contribution >= 0.6 is 0 Å². The molecule has 0 radical (unpaired) electrons. The summed E-state index contributed by atoms with van der Waals surface area (Å²) in [7, 11) is 5.49. The predicted molar refractivity (Wildman–Crippen MR) is 113 cm³/mol. The molecule has 3 saturated carbocycles. The Morgan fingerprint density at radius 3 is 2.66 bits per heavy atom. The summed E-state index contributed by atoms with van der Waals surface area (Å²) in [5, 5.41) is 3.65. The highest BCUT2D eigenvalue weighted by Crippen LogP contribution is 2.69. The Morgan fingerprint density at radius 1 is 1.31 bits per heavy atom. The van der Waals surface area contributed by atoms with E-state index in [-0.39, 0.29) is 34.7 Å². The number of rotatable bonds is 5. The highest BCUT2D eigenvalue weighted by molar-refractivity contribution is 5.80. The van der Waals surface area contributed by atoms with E-state index >= 15 is 0 Å². The molecule has 5 rings (SSSR count). The molecule has 6 atom stereocenters. The van der Waals surface area contributed by atoms with E-state index in [0.717, 1.165) is 43.6 Å². The van der Waals surface area contributed by atoms with Gasteiger partial charge in [-0.2, -0.15) is 0 Å². The van der Waals surface area contributed by atoms with Gasteiger partial charge in [0.15, 0.2) is 11.5 Å². The van der Waals surface area contributed by atoms with Crippen molar-refractivity contribution in [2.45, 2.75) is 70.6 Å². The average molecular weight is 402 g/mol. The summed E-state index contributed by atoms with van der Waals surface area (Å²) in [4.78, 5) is 12.9. The Labute approximate surface area is 174 Å². The Morgan fingerprint density at radius 2 is 2.07 bits per heavy atom. The van der Waals surface area contributed by atoms with E-state index in [4.69, 9.17) is 14.2 Å². The average Bonchev–Trinajstić information content (AvgIpc) is 2.75. The highest BCUT2D eigenvalue weighted by Gasteiger charge is 2.73. The number of likely N-dealkylation sites (N-methyl/N-ethyl adjacent to an activating group) is 1. The number of fused-ring (bicyclic) bond motifs is 4. The monoisotopic (exact) mass is 401 g/mol. The minimum atomic E-state index is -0.609. The number of benzene rings is 1. The van der Waals surface area contributed by atoms with Crippen LogP contribution in [0.5, 0.6) is 11.5 Å². The standard InChI is InChI=1S/C24H35NO4/c1-7-22(3)21-24(28-6)11-10-23(22,14-17(24)15(2)26)20(25-4)13-16-8-9-18(27-5)19(12-16)29-21/h8-9,12,17,20-21,25H,7,10-11,13-14H2,1-6H3/t17-,20-,21?,22-,23?,24?/m1/s1. The van der Waals surface area contributed by atoms with Crippen molar-refractivity contribution in [1.29, 1.82) is 0 Å². The fraction of sp³-hybridized carbons (Fsp3) is 0.708. The number of ketones is 1. The van der Waals surface area contributed by atoms with Crippen molar-refractivity contribution in [2.24, 2.45) is 16.7 Å². The second-order valence-electron chi connectivity index (χ2n) is 9.48. The van der Waals surface area contributed by atoms with Gasteiger partial charge in [-0.15, -0.1) is 0 Å². The molecule has 5 bridgehead atoms. The molecular weight excluding hydrogens is 366 g/mol. The lowest BCUT2D eigenvalue weighted by atomic mass is 9.39. The van der Waals surface area contributed by atoms with E-state index in [1.54, 1.807) is 21.1 Å². The van der Waals surface area contributed by atoms with Gasteiger partial charge in [0.1, 0.15) is 17.5 Å². The first-order chi connectivity index (χ1) is 13.8. The van der Waals surface area contributed by atoms with Crippen molar-refractivity contribution in [3.8, 4) is 11.5 Å². The third-order valence-corrected chi connectivity index (χ3v) is 8.81. The summed E-state index contributed by atoms with van der Waals surface area (Å²) in [6, 6.07) is 6.50. The van der Waals surface area contributed by atoms with Crippen LogP contribution in [-0.4, -0.2) is 44.8 Å². The number of carbonyl (C=O) groups is 1. The number of ether oxygens (including phenoxy) is 3. The van der Waals surface area contributed by atoms with Crippen molar-refractivity contribution in [3.63, 3.8) is 0 Å². The molecule has 1 spiro atoms. The van der Waals surface area contributed by atoms with Crippen LogP contribution in [-0.2, 0) is 16.0 Å². The van der Waals surface area contributed by atoms with Crippen molar-refractivity contribution >= 4 is 5.78 Å². The van der Waals surface area contributed by atoms with Crippen molar-refractivity contribution in [2.75, 3.05) is 21.3 Å². The van der Waals surface area contributed by atoms with Gasteiger partial charge in [0, 0.05) is 18.6 Å². The van der Waals surface area contributed by atoms with Crippen molar-refractivity contribution < 1.29 is 19.0 Å². The van der Waals surface area contributed by atoms with Crippen LogP contribution in [0.1, 0.15) is 52.0 Å². The van der Waals surface area contributed by atoms with Crippen LogP contribution in [0, 0.1) is 16.7 Å². The number of carbonyl (C=O) groups excluding carboxylic acids is 1. The molecular formula is C24H35NO4. The van der Waals surface area contributed by atoms with E-state index in [1.165, 1.54) is 5.56 Å². The van der Waals surface area contributed by atoms with Gasteiger partial charge in [-0.1, -0.05) is 19.9 Å². The van der Waals surface area contributed by atoms with E-state index in [0.29, 0.717) is 0 Å². The van der Waals surface area contributed by atoms with Crippen LogP contribution in [0.15, 0.2) is 18.2 Å². The normalized spacial score (nSPS) is 40.4. The molecule has 3 unspecified atom stereocenters. The molecule has 1 aromatic carbocycles. The van der Waals surface area contributed by atoms with E-state index in [1.807, 2.05) is 6.07 Å². The van der Waals surface area contributed by atoms with Gasteiger partial charge < -0.3 is 19.5 Å². The Hall–Kier alpha value is -1.59. The first-order valence-corrected chi connectivity index (χ1v) is 10.9. The Bertz CT molecular complexity index is 810. The lowest BCUT2D eigenvalue weighted by Gasteiger charge is -2.70. The maximum atomic E-state index is 12.9. The molecule has 3 fully saturated rings. The fourth-order valence-corrected chi connectivity index (χ4v) is 7.06. The van der Waals surface area contributed by atoms with Crippen LogP contribution < -0.4 is 14.8 Å². The van der Waals surface area contributed by atoms with E-state index in [9.17, 15) is 4.79 Å². The van der Waals surface area contributed by atoms with Gasteiger partial charge in [0.25, 0.3) is 0 Å². The van der Waals surface area contributed by atoms with Gasteiger partial charge in [-0.3, -0.25) is 4.79 Å². The SMILES string of the molecule is CC[C@]1(C)C2Oc3cc(ccc3OC)C[C@@H](NC)C13CCC2(OC)[C@@H](C(C)=O)C3. The molecule has 0 amide bonds. The highest BCUT2D eigenvalue weighted by atomic mass is 16.6. The first-order valence-electron chi connectivity index (χ1n) is 10.9. The molecule has 5 heteroatoms. The summed E-state index contributed by atoms with van der Waals surface area (Å²) < 4.78 is 18.7. The topological polar surface area (TPSA) is 56.8 Å². The minimum Gasteiger partial charge on any atom is -0.493 e. The van der Waals surface area contributed by atoms with Crippen LogP contribution in [0.2, 0.25) is 0 Å². The van der Waals surface area contributed by atoms with Gasteiger partial charge in [-0.25, -0.2) is 0 Å².